The molecule has 3 aromatic carbocycles. The zero-order valence-electron chi connectivity index (χ0n) is 20.0. The lowest BCUT2D eigenvalue weighted by molar-refractivity contribution is -0.132. The number of carbonyl (C=O) groups is 3. The summed E-state index contributed by atoms with van der Waals surface area (Å²) in [4.78, 5) is 38.6. The Balaban J connectivity index is 1.65. The lowest BCUT2D eigenvalue weighted by atomic mass is 10.1. The van der Waals surface area contributed by atoms with Crippen molar-refractivity contribution in [2.45, 2.75) is 37.6 Å². The Bertz CT molecular complexity index is 1370. The number of nitrogens with zero attached hydrogens (tertiary/aromatic N) is 2. The summed E-state index contributed by atoms with van der Waals surface area (Å²) in [5.74, 6) is -1.35. The molecule has 0 saturated carbocycles. The number of hydrogen-bond donors (Lipinski definition) is 0. The van der Waals surface area contributed by atoms with Crippen LogP contribution in [0.3, 0.4) is 0 Å². The molecular weight excluding hydrogens is 480 g/mol. The maximum atomic E-state index is 13.7. The van der Waals surface area contributed by atoms with E-state index in [1.807, 2.05) is 37.3 Å². The number of aryl methyl sites for hydroxylation is 1. The predicted molar refractivity (Wildman–Crippen MR) is 134 cm³/mol. The molecule has 0 bridgehead atoms. The van der Waals surface area contributed by atoms with Crippen LogP contribution in [0.25, 0.3) is 0 Å². The number of ether oxygens (including phenoxy) is 1. The third kappa shape index (κ3) is 5.37. The molecule has 0 N–H and O–H groups in total. The second kappa shape index (κ2) is 10.4. The Morgan fingerprint density at radius 3 is 2.22 bits per heavy atom. The summed E-state index contributed by atoms with van der Waals surface area (Å²) in [6.45, 7) is 3.15. The second-order valence-electron chi connectivity index (χ2n) is 8.54. The summed E-state index contributed by atoms with van der Waals surface area (Å²) in [6.07, 6.45) is 0.103. The molecular formula is C27H26N2O6S. The molecule has 36 heavy (non-hydrogen) atoms. The normalized spacial score (nSPS) is 16.0. The van der Waals surface area contributed by atoms with Crippen molar-refractivity contribution in [3.8, 4) is 5.75 Å². The van der Waals surface area contributed by atoms with Crippen LogP contribution in [0.5, 0.6) is 5.75 Å². The van der Waals surface area contributed by atoms with Crippen molar-refractivity contribution in [1.29, 1.82) is 0 Å². The van der Waals surface area contributed by atoms with Gasteiger partial charge >= 0.3 is 5.97 Å². The van der Waals surface area contributed by atoms with Crippen LogP contribution in [0.4, 0.5) is 5.69 Å². The molecule has 0 aromatic heterocycles. The van der Waals surface area contributed by atoms with Crippen molar-refractivity contribution in [3.63, 3.8) is 0 Å². The largest absolute Gasteiger partial charge is 0.427 e. The first-order valence-corrected chi connectivity index (χ1v) is 12.9. The van der Waals surface area contributed by atoms with Crippen LogP contribution >= 0.6 is 0 Å². The van der Waals surface area contributed by atoms with Crippen LogP contribution in [0.15, 0.2) is 83.8 Å². The first-order valence-electron chi connectivity index (χ1n) is 11.4. The van der Waals surface area contributed by atoms with Gasteiger partial charge in [0.2, 0.25) is 15.9 Å². The topological polar surface area (TPSA) is 101 Å². The maximum Gasteiger partial charge on any atom is 0.308 e. The number of amides is 2. The molecule has 3 aromatic rings. The number of carbonyl (C=O) groups excluding carboxylic acids is 3. The number of esters is 1. The predicted octanol–water partition coefficient (Wildman–Crippen LogP) is 3.49. The van der Waals surface area contributed by atoms with Gasteiger partial charge in [0.25, 0.3) is 5.91 Å². The van der Waals surface area contributed by atoms with Crippen LogP contribution in [0.1, 0.15) is 24.5 Å². The SMILES string of the molecule is CC(=O)Oc1ccc(N2C(=O)CC(N(CCc3ccccc3)S(=O)(=O)c3ccc(C)cc3)C2=O)cc1. The molecule has 4 rings (SSSR count). The van der Waals surface area contributed by atoms with Crippen molar-refractivity contribution in [2.75, 3.05) is 11.4 Å². The molecule has 0 spiro atoms. The Labute approximate surface area is 210 Å². The first kappa shape index (κ1) is 25.3. The van der Waals surface area contributed by atoms with E-state index in [-0.39, 0.29) is 29.3 Å². The fourth-order valence-electron chi connectivity index (χ4n) is 4.11. The van der Waals surface area contributed by atoms with Crippen LogP contribution in [-0.4, -0.2) is 43.1 Å². The van der Waals surface area contributed by atoms with E-state index < -0.39 is 33.8 Å². The molecule has 1 saturated heterocycles. The van der Waals surface area contributed by atoms with Gasteiger partial charge in [-0.1, -0.05) is 48.0 Å². The molecule has 2 amide bonds. The van der Waals surface area contributed by atoms with Gasteiger partial charge in [-0.25, -0.2) is 13.3 Å². The summed E-state index contributed by atoms with van der Waals surface area (Å²) in [5, 5.41) is 0. The van der Waals surface area contributed by atoms with E-state index in [1.54, 1.807) is 12.1 Å². The summed E-state index contributed by atoms with van der Waals surface area (Å²) < 4.78 is 33.5. The molecule has 1 aliphatic heterocycles. The summed E-state index contributed by atoms with van der Waals surface area (Å²) in [7, 11) is -4.08. The third-order valence-corrected chi connectivity index (χ3v) is 7.84. The smallest absolute Gasteiger partial charge is 0.308 e. The quantitative estimate of drug-likeness (QED) is 0.263. The molecule has 8 nitrogen and oxygen atoms in total. The van der Waals surface area contributed by atoms with Crippen molar-refractivity contribution in [2.24, 2.45) is 0 Å². The number of imide groups is 1. The van der Waals surface area contributed by atoms with Crippen LogP contribution in [0.2, 0.25) is 0 Å². The van der Waals surface area contributed by atoms with Crippen molar-refractivity contribution in [1.82, 2.24) is 4.31 Å². The van der Waals surface area contributed by atoms with Crippen LogP contribution in [0, 0.1) is 6.92 Å². The minimum absolute atomic E-state index is 0.0309. The highest BCUT2D eigenvalue weighted by molar-refractivity contribution is 7.89. The highest BCUT2D eigenvalue weighted by Gasteiger charge is 2.46. The molecule has 9 heteroatoms. The van der Waals surface area contributed by atoms with Gasteiger partial charge in [-0.3, -0.25) is 14.4 Å². The van der Waals surface area contributed by atoms with Gasteiger partial charge in [-0.2, -0.15) is 4.31 Å². The molecule has 1 unspecified atom stereocenters. The monoisotopic (exact) mass is 506 g/mol. The van der Waals surface area contributed by atoms with E-state index in [4.69, 9.17) is 4.74 Å². The molecule has 0 radical (unpaired) electrons. The Kier molecular flexibility index (Phi) is 7.32. The number of rotatable bonds is 8. The van der Waals surface area contributed by atoms with E-state index in [1.165, 1.54) is 43.3 Å². The molecule has 1 heterocycles. The van der Waals surface area contributed by atoms with Crippen molar-refractivity contribution >= 4 is 33.5 Å². The van der Waals surface area contributed by atoms with E-state index in [9.17, 15) is 22.8 Å². The number of sulfonamides is 1. The first-order chi connectivity index (χ1) is 17.2. The molecule has 186 valence electrons. The number of benzene rings is 3. The van der Waals surface area contributed by atoms with E-state index in [0.717, 1.165) is 20.3 Å². The van der Waals surface area contributed by atoms with E-state index >= 15 is 0 Å². The number of anilines is 1. The average molecular weight is 507 g/mol. The minimum Gasteiger partial charge on any atom is -0.427 e. The Morgan fingerprint density at radius 1 is 0.972 bits per heavy atom. The third-order valence-electron chi connectivity index (χ3n) is 5.92. The molecule has 1 atom stereocenters. The summed E-state index contributed by atoms with van der Waals surface area (Å²) >= 11 is 0. The molecule has 1 aliphatic rings. The van der Waals surface area contributed by atoms with Gasteiger partial charge in [0.15, 0.2) is 0 Å². The van der Waals surface area contributed by atoms with Crippen molar-refractivity contribution in [3.05, 3.63) is 90.0 Å². The van der Waals surface area contributed by atoms with Crippen molar-refractivity contribution < 1.29 is 27.5 Å². The van der Waals surface area contributed by atoms with Crippen LogP contribution in [-0.2, 0) is 30.8 Å². The van der Waals surface area contributed by atoms with Gasteiger partial charge in [0.05, 0.1) is 17.0 Å². The van der Waals surface area contributed by atoms with Gasteiger partial charge in [0.1, 0.15) is 11.8 Å². The Hall–Kier alpha value is -3.82. The fraction of sp³-hybridized carbons (Fsp3) is 0.222. The molecule has 0 aliphatic carbocycles. The van der Waals surface area contributed by atoms with Gasteiger partial charge in [-0.15, -0.1) is 0 Å². The standard InChI is InChI=1S/C27H26N2O6S/c1-19-8-14-24(15-9-19)36(33,34)28(17-16-21-6-4-3-5-7-21)25-18-26(31)29(27(25)32)22-10-12-23(13-11-22)35-20(2)30/h3-15,25H,16-18H2,1-2H3. The van der Waals surface area contributed by atoms with E-state index in [0.29, 0.717) is 6.42 Å². The Morgan fingerprint density at radius 2 is 1.61 bits per heavy atom. The fourth-order valence-corrected chi connectivity index (χ4v) is 5.70. The van der Waals surface area contributed by atoms with Crippen LogP contribution < -0.4 is 9.64 Å². The summed E-state index contributed by atoms with van der Waals surface area (Å²) in [5.41, 5.74) is 2.09. The maximum absolute atomic E-state index is 13.7. The lowest BCUT2D eigenvalue weighted by Crippen LogP contribution is -2.46. The van der Waals surface area contributed by atoms with Gasteiger partial charge < -0.3 is 4.74 Å². The van der Waals surface area contributed by atoms with Gasteiger partial charge in [0, 0.05) is 13.5 Å². The summed E-state index contributed by atoms with van der Waals surface area (Å²) in [6, 6.07) is 20.5. The highest BCUT2D eigenvalue weighted by Crippen LogP contribution is 2.30. The highest BCUT2D eigenvalue weighted by atomic mass is 32.2. The molecule has 1 fully saturated rings. The zero-order valence-corrected chi connectivity index (χ0v) is 20.8. The second-order valence-corrected chi connectivity index (χ2v) is 10.4. The average Bonchev–Trinajstić information content (AvgIpc) is 3.13. The van der Waals surface area contributed by atoms with E-state index in [2.05, 4.69) is 0 Å². The lowest BCUT2D eigenvalue weighted by Gasteiger charge is -2.27. The minimum atomic E-state index is -4.08. The number of hydrogen-bond acceptors (Lipinski definition) is 6. The van der Waals surface area contributed by atoms with Gasteiger partial charge in [-0.05, 0) is 55.3 Å². The zero-order chi connectivity index (χ0) is 25.9.